The van der Waals surface area contributed by atoms with Gasteiger partial charge in [-0.25, -0.2) is 0 Å². The molecular weight excluding hydrogens is 166 g/mol. The van der Waals surface area contributed by atoms with Crippen LogP contribution in [0.4, 0.5) is 0 Å². The Morgan fingerprint density at radius 2 is 2.12 bits per heavy atom. The van der Waals surface area contributed by atoms with Crippen LogP contribution in [0.25, 0.3) is 0 Å². The quantitative estimate of drug-likeness (QED) is 0.589. The first kappa shape index (κ1) is 7.50. The van der Waals surface area contributed by atoms with Gasteiger partial charge < -0.3 is 5.32 Å². The van der Waals surface area contributed by atoms with Crippen LogP contribution in [0.15, 0.2) is 36.7 Å². The third-order valence-electron chi connectivity index (χ3n) is 0.773. The second-order valence-electron chi connectivity index (χ2n) is 1.39. The molecule has 0 aromatic heterocycles. The molecule has 44 valence electrons. The number of nitrogens with one attached hydrogen (secondary N) is 1. The highest BCUT2D eigenvalue weighted by molar-refractivity contribution is 8.93. The fourth-order valence-corrected chi connectivity index (χ4v) is 0.431. The van der Waals surface area contributed by atoms with Gasteiger partial charge in [-0.2, -0.15) is 0 Å². The molecule has 0 fully saturated rings. The van der Waals surface area contributed by atoms with Crippen molar-refractivity contribution >= 4 is 17.0 Å². The molecule has 8 heavy (non-hydrogen) atoms. The van der Waals surface area contributed by atoms with Crippen LogP contribution in [-0.4, -0.2) is 0 Å². The van der Waals surface area contributed by atoms with Crippen molar-refractivity contribution in [2.75, 3.05) is 0 Å². The molecule has 0 bridgehead atoms. The van der Waals surface area contributed by atoms with Crippen molar-refractivity contribution in [1.82, 2.24) is 5.32 Å². The van der Waals surface area contributed by atoms with Gasteiger partial charge in [-0.05, 0) is 12.2 Å². The van der Waals surface area contributed by atoms with E-state index in [4.69, 9.17) is 0 Å². The van der Waals surface area contributed by atoms with Crippen LogP contribution in [0, 0.1) is 0 Å². The lowest BCUT2D eigenvalue weighted by Gasteiger charge is -1.99. The smallest absolute Gasteiger partial charge is 0.0306 e. The molecule has 0 radical (unpaired) electrons. The summed E-state index contributed by atoms with van der Waals surface area (Å²) in [4.78, 5) is 0. The van der Waals surface area contributed by atoms with Gasteiger partial charge in [-0.15, -0.1) is 17.0 Å². The molecule has 0 aromatic rings. The van der Waals surface area contributed by atoms with Gasteiger partial charge in [0.05, 0.1) is 0 Å². The van der Waals surface area contributed by atoms with Crippen LogP contribution in [0.5, 0.6) is 0 Å². The van der Waals surface area contributed by atoms with Crippen molar-refractivity contribution in [1.29, 1.82) is 0 Å². The Morgan fingerprint density at radius 3 is 2.38 bits per heavy atom. The summed E-state index contributed by atoms with van der Waals surface area (Å²) in [6, 6.07) is 0. The fraction of sp³-hybridized carbons (Fsp3) is 0. The summed E-state index contributed by atoms with van der Waals surface area (Å²) in [6.45, 7) is 3.66. The van der Waals surface area contributed by atoms with Gasteiger partial charge in [0.25, 0.3) is 0 Å². The van der Waals surface area contributed by atoms with Crippen LogP contribution in [0.3, 0.4) is 0 Å². The minimum absolute atomic E-state index is 0. The Hall–Kier alpha value is -0.500. The van der Waals surface area contributed by atoms with E-state index < -0.39 is 0 Å². The molecule has 0 spiro atoms. The van der Waals surface area contributed by atoms with Crippen LogP contribution in [0.1, 0.15) is 0 Å². The lowest BCUT2D eigenvalue weighted by Crippen LogP contribution is -2.01. The minimum Gasteiger partial charge on any atom is -0.362 e. The molecule has 0 saturated heterocycles. The van der Waals surface area contributed by atoms with E-state index in [2.05, 4.69) is 11.9 Å². The van der Waals surface area contributed by atoms with E-state index in [1.54, 1.807) is 0 Å². The first-order valence-electron chi connectivity index (χ1n) is 2.18. The predicted octanol–water partition coefficient (Wildman–Crippen LogP) is 1.75. The van der Waals surface area contributed by atoms with Crippen molar-refractivity contribution in [2.24, 2.45) is 0 Å². The van der Waals surface area contributed by atoms with Gasteiger partial charge in [0.2, 0.25) is 0 Å². The van der Waals surface area contributed by atoms with E-state index in [1.165, 1.54) is 0 Å². The zero-order valence-electron chi connectivity index (χ0n) is 4.42. The summed E-state index contributed by atoms with van der Waals surface area (Å²) in [5.74, 6) is 0. The van der Waals surface area contributed by atoms with Gasteiger partial charge in [0, 0.05) is 11.9 Å². The summed E-state index contributed by atoms with van der Waals surface area (Å²) in [7, 11) is 0. The fourth-order valence-electron chi connectivity index (χ4n) is 0.431. The lowest BCUT2D eigenvalue weighted by molar-refractivity contribution is 1.11. The Labute approximate surface area is 59.6 Å². The molecule has 0 aromatic carbocycles. The maximum atomic E-state index is 3.66. The second kappa shape index (κ2) is 3.50. The minimum atomic E-state index is 0. The molecule has 0 unspecified atom stereocenters. The van der Waals surface area contributed by atoms with Crippen LogP contribution in [-0.2, 0) is 0 Å². The van der Waals surface area contributed by atoms with Crippen LogP contribution < -0.4 is 5.32 Å². The van der Waals surface area contributed by atoms with Crippen molar-refractivity contribution in [3.05, 3.63) is 36.7 Å². The standard InChI is InChI=1S/C6H7N.BrH/c1-6-4-2-3-5-7-6;/h2-5,7H,1H2;1H. The average Bonchev–Trinajstić information content (AvgIpc) is 1.69. The Kier molecular flexibility index (Phi) is 3.28. The number of hydrogen-bond acceptors (Lipinski definition) is 1. The van der Waals surface area contributed by atoms with E-state index in [0.29, 0.717) is 0 Å². The molecule has 0 aliphatic carbocycles. The lowest BCUT2D eigenvalue weighted by atomic mass is 10.3. The van der Waals surface area contributed by atoms with Crippen LogP contribution >= 0.6 is 17.0 Å². The molecule has 1 nitrogen and oxygen atoms in total. The molecule has 0 atom stereocenters. The van der Waals surface area contributed by atoms with Crippen molar-refractivity contribution in [3.63, 3.8) is 0 Å². The van der Waals surface area contributed by atoms with Gasteiger partial charge in [-0.1, -0.05) is 12.7 Å². The number of halogens is 1. The highest BCUT2D eigenvalue weighted by Gasteiger charge is 1.81. The average molecular weight is 174 g/mol. The monoisotopic (exact) mass is 173 g/mol. The first-order valence-corrected chi connectivity index (χ1v) is 2.18. The molecular formula is C6H8BrN. The van der Waals surface area contributed by atoms with Gasteiger partial charge in [-0.3, -0.25) is 0 Å². The zero-order valence-corrected chi connectivity index (χ0v) is 6.14. The van der Waals surface area contributed by atoms with Crippen molar-refractivity contribution < 1.29 is 0 Å². The molecule has 0 amide bonds. The zero-order chi connectivity index (χ0) is 5.11. The topological polar surface area (TPSA) is 12.0 Å². The summed E-state index contributed by atoms with van der Waals surface area (Å²) in [6.07, 6.45) is 7.63. The van der Waals surface area contributed by atoms with Gasteiger partial charge in [0.15, 0.2) is 0 Å². The normalized spacial score (nSPS) is 14.8. The first-order chi connectivity index (χ1) is 3.39. The van der Waals surface area contributed by atoms with Crippen molar-refractivity contribution in [2.45, 2.75) is 0 Å². The number of rotatable bonds is 0. The summed E-state index contributed by atoms with van der Waals surface area (Å²) in [5, 5.41) is 2.92. The third-order valence-corrected chi connectivity index (χ3v) is 0.773. The highest BCUT2D eigenvalue weighted by Crippen LogP contribution is 1.92. The maximum absolute atomic E-state index is 3.66. The molecule has 1 aliphatic rings. The van der Waals surface area contributed by atoms with E-state index in [1.807, 2.05) is 24.4 Å². The Balaban J connectivity index is 0.000000490. The predicted molar refractivity (Wildman–Crippen MR) is 40.9 cm³/mol. The van der Waals surface area contributed by atoms with Crippen LogP contribution in [0.2, 0.25) is 0 Å². The third kappa shape index (κ3) is 1.98. The largest absolute Gasteiger partial charge is 0.362 e. The van der Waals surface area contributed by atoms with E-state index in [0.717, 1.165) is 5.70 Å². The van der Waals surface area contributed by atoms with Gasteiger partial charge in [0.1, 0.15) is 0 Å². The SMILES string of the molecule is Br.C=C1C=CC=CN1. The molecule has 1 aliphatic heterocycles. The van der Waals surface area contributed by atoms with E-state index in [-0.39, 0.29) is 17.0 Å². The number of dihydropyridines is 1. The molecule has 1 heterocycles. The highest BCUT2D eigenvalue weighted by atomic mass is 79.9. The number of hydrogen-bond donors (Lipinski definition) is 1. The second-order valence-corrected chi connectivity index (χ2v) is 1.39. The Morgan fingerprint density at radius 1 is 1.38 bits per heavy atom. The maximum Gasteiger partial charge on any atom is 0.0306 e. The van der Waals surface area contributed by atoms with E-state index in [9.17, 15) is 0 Å². The van der Waals surface area contributed by atoms with E-state index >= 15 is 0 Å². The van der Waals surface area contributed by atoms with Crippen molar-refractivity contribution in [3.8, 4) is 0 Å². The molecule has 1 rings (SSSR count). The number of allylic oxidation sites excluding steroid dienone is 3. The summed E-state index contributed by atoms with van der Waals surface area (Å²) < 4.78 is 0. The Bertz CT molecular complexity index is 135. The molecule has 1 N–H and O–H groups in total. The summed E-state index contributed by atoms with van der Waals surface area (Å²) in [5.41, 5.74) is 0.947. The summed E-state index contributed by atoms with van der Waals surface area (Å²) >= 11 is 0. The molecule has 0 saturated carbocycles. The van der Waals surface area contributed by atoms with Gasteiger partial charge >= 0.3 is 0 Å². The molecule has 2 heteroatoms.